The predicted molar refractivity (Wildman–Crippen MR) is 61.5 cm³/mol. The molecule has 0 spiro atoms. The van der Waals surface area contributed by atoms with E-state index in [0.29, 0.717) is 6.61 Å². The van der Waals surface area contributed by atoms with Crippen LogP contribution in [0.25, 0.3) is 5.52 Å². The second kappa shape index (κ2) is 4.43. The second-order valence-corrected chi connectivity index (χ2v) is 4.43. The van der Waals surface area contributed by atoms with Crippen LogP contribution in [0.3, 0.4) is 0 Å². The average molecular weight is 233 g/mol. The number of rotatable bonds is 2. The number of hydrogen-bond acceptors (Lipinski definition) is 4. The Balaban J connectivity index is 1.92. The second-order valence-electron chi connectivity index (χ2n) is 4.43. The molecule has 1 aliphatic heterocycles. The highest BCUT2D eigenvalue weighted by Crippen LogP contribution is 2.30. The lowest BCUT2D eigenvalue weighted by molar-refractivity contribution is -0.00945. The molecule has 5 heteroatoms. The molecule has 0 aliphatic carbocycles. The Labute approximate surface area is 99.0 Å². The number of aromatic nitrogens is 3. The van der Waals surface area contributed by atoms with Crippen LogP contribution < -0.4 is 0 Å². The van der Waals surface area contributed by atoms with Crippen LogP contribution in [0.15, 0.2) is 24.8 Å². The summed E-state index contributed by atoms with van der Waals surface area (Å²) in [5.41, 5.74) is 1.71. The Morgan fingerprint density at radius 1 is 1.47 bits per heavy atom. The van der Waals surface area contributed by atoms with Gasteiger partial charge in [-0.1, -0.05) is 0 Å². The zero-order valence-corrected chi connectivity index (χ0v) is 9.49. The van der Waals surface area contributed by atoms with E-state index >= 15 is 0 Å². The number of fused-ring (bicyclic) bond motifs is 1. The van der Waals surface area contributed by atoms with Crippen molar-refractivity contribution in [3.8, 4) is 0 Å². The molecule has 2 unspecified atom stereocenters. The molecule has 0 saturated carbocycles. The fraction of sp³-hybridized carbons (Fsp3) is 0.500. The summed E-state index contributed by atoms with van der Waals surface area (Å²) in [7, 11) is 0. The molecule has 1 saturated heterocycles. The molecule has 2 atom stereocenters. The smallest absolute Gasteiger partial charge is 0.0903 e. The normalized spacial score (nSPS) is 22.8. The summed E-state index contributed by atoms with van der Waals surface area (Å²) in [5.74, 6) is 0.164. The van der Waals surface area contributed by atoms with Crippen molar-refractivity contribution >= 4 is 5.52 Å². The molecule has 1 aliphatic rings. The number of nitrogens with zero attached hydrogens (tertiary/aromatic N) is 3. The van der Waals surface area contributed by atoms with Gasteiger partial charge in [-0.05, 0) is 12.8 Å². The molecule has 1 fully saturated rings. The number of ether oxygens (including phenoxy) is 1. The van der Waals surface area contributed by atoms with Gasteiger partial charge in [-0.2, -0.15) is 5.10 Å². The van der Waals surface area contributed by atoms with Gasteiger partial charge in [0, 0.05) is 30.5 Å². The van der Waals surface area contributed by atoms with E-state index in [0.717, 1.165) is 30.5 Å². The molecule has 0 radical (unpaired) electrons. The van der Waals surface area contributed by atoms with Gasteiger partial charge in [0.1, 0.15) is 0 Å². The molecule has 3 heterocycles. The molecule has 17 heavy (non-hydrogen) atoms. The Kier molecular flexibility index (Phi) is 2.78. The molecule has 90 valence electrons. The molecule has 3 rings (SSSR count). The average Bonchev–Trinajstić information content (AvgIpc) is 2.83. The van der Waals surface area contributed by atoms with E-state index in [1.807, 2.05) is 0 Å². The topological polar surface area (TPSA) is 59.7 Å². The van der Waals surface area contributed by atoms with Crippen LogP contribution in [0.4, 0.5) is 0 Å². The first-order valence-electron chi connectivity index (χ1n) is 5.89. The summed E-state index contributed by atoms with van der Waals surface area (Å²) >= 11 is 0. The predicted octanol–water partition coefficient (Wildman–Crippen LogP) is 1.19. The maximum absolute atomic E-state index is 10.4. The third-order valence-corrected chi connectivity index (χ3v) is 3.32. The van der Waals surface area contributed by atoms with E-state index in [1.54, 1.807) is 29.3 Å². The van der Waals surface area contributed by atoms with Crippen molar-refractivity contribution in [1.82, 2.24) is 14.6 Å². The summed E-state index contributed by atoms with van der Waals surface area (Å²) < 4.78 is 7.14. The molecule has 0 amide bonds. The SMILES string of the molecule is OC(c1cnn2ccncc12)C1CCCOC1. The van der Waals surface area contributed by atoms with Crippen molar-refractivity contribution in [3.63, 3.8) is 0 Å². The molecular weight excluding hydrogens is 218 g/mol. The van der Waals surface area contributed by atoms with Gasteiger partial charge in [0.2, 0.25) is 0 Å². The monoisotopic (exact) mass is 233 g/mol. The highest BCUT2D eigenvalue weighted by atomic mass is 16.5. The summed E-state index contributed by atoms with van der Waals surface area (Å²) in [6.45, 7) is 1.43. The first kappa shape index (κ1) is 10.7. The van der Waals surface area contributed by atoms with Crippen molar-refractivity contribution in [3.05, 3.63) is 30.4 Å². The number of aliphatic hydroxyl groups is 1. The van der Waals surface area contributed by atoms with Crippen LogP contribution in [0.2, 0.25) is 0 Å². The molecule has 2 aromatic heterocycles. The largest absolute Gasteiger partial charge is 0.388 e. The Hall–Kier alpha value is -1.46. The number of aliphatic hydroxyl groups excluding tert-OH is 1. The minimum Gasteiger partial charge on any atom is -0.388 e. The van der Waals surface area contributed by atoms with Gasteiger partial charge in [0.25, 0.3) is 0 Å². The zero-order chi connectivity index (χ0) is 11.7. The zero-order valence-electron chi connectivity index (χ0n) is 9.49. The molecular formula is C12H15N3O2. The molecule has 2 aromatic rings. The molecule has 0 bridgehead atoms. The highest BCUT2D eigenvalue weighted by molar-refractivity contribution is 5.52. The standard InChI is InChI=1S/C12H15N3O2/c16-12(9-2-1-5-17-8-9)10-6-14-15-4-3-13-7-11(10)15/h3-4,6-7,9,12,16H,1-2,5,8H2. The van der Waals surface area contributed by atoms with Gasteiger partial charge < -0.3 is 9.84 Å². The summed E-state index contributed by atoms with van der Waals surface area (Å²) in [5, 5.41) is 14.6. The lowest BCUT2D eigenvalue weighted by atomic mass is 9.92. The van der Waals surface area contributed by atoms with Gasteiger partial charge in [-0.25, -0.2) is 4.52 Å². The van der Waals surface area contributed by atoms with Gasteiger partial charge in [0.05, 0.1) is 30.6 Å². The van der Waals surface area contributed by atoms with Gasteiger partial charge >= 0.3 is 0 Å². The third kappa shape index (κ3) is 1.92. The van der Waals surface area contributed by atoms with Crippen LogP contribution >= 0.6 is 0 Å². The van der Waals surface area contributed by atoms with E-state index in [-0.39, 0.29) is 5.92 Å². The van der Waals surface area contributed by atoms with E-state index in [4.69, 9.17) is 4.74 Å². The van der Waals surface area contributed by atoms with Crippen LogP contribution in [-0.2, 0) is 4.74 Å². The van der Waals surface area contributed by atoms with Gasteiger partial charge in [0.15, 0.2) is 0 Å². The quantitative estimate of drug-likeness (QED) is 0.846. The summed E-state index contributed by atoms with van der Waals surface area (Å²) in [6.07, 6.45) is 8.41. The first-order chi connectivity index (χ1) is 8.36. The Morgan fingerprint density at radius 2 is 2.41 bits per heavy atom. The van der Waals surface area contributed by atoms with E-state index in [1.165, 1.54) is 0 Å². The van der Waals surface area contributed by atoms with Crippen molar-refractivity contribution < 1.29 is 9.84 Å². The maximum atomic E-state index is 10.4. The fourth-order valence-electron chi connectivity index (χ4n) is 2.35. The van der Waals surface area contributed by atoms with Gasteiger partial charge in [-0.15, -0.1) is 0 Å². The van der Waals surface area contributed by atoms with E-state index in [2.05, 4.69) is 10.1 Å². The third-order valence-electron chi connectivity index (χ3n) is 3.32. The van der Waals surface area contributed by atoms with Crippen LogP contribution in [0.1, 0.15) is 24.5 Å². The first-order valence-corrected chi connectivity index (χ1v) is 5.89. The lowest BCUT2D eigenvalue weighted by Crippen LogP contribution is -2.23. The molecule has 0 aromatic carbocycles. The van der Waals surface area contributed by atoms with Crippen molar-refractivity contribution in [2.45, 2.75) is 18.9 Å². The summed E-state index contributed by atoms with van der Waals surface area (Å²) in [4.78, 5) is 4.07. The minimum atomic E-state index is -0.517. The van der Waals surface area contributed by atoms with Crippen LogP contribution in [-0.4, -0.2) is 32.9 Å². The minimum absolute atomic E-state index is 0.164. The summed E-state index contributed by atoms with van der Waals surface area (Å²) in [6, 6.07) is 0. The van der Waals surface area contributed by atoms with Crippen molar-refractivity contribution in [1.29, 1.82) is 0 Å². The van der Waals surface area contributed by atoms with E-state index < -0.39 is 6.10 Å². The lowest BCUT2D eigenvalue weighted by Gasteiger charge is -2.26. The van der Waals surface area contributed by atoms with Crippen molar-refractivity contribution in [2.24, 2.45) is 5.92 Å². The van der Waals surface area contributed by atoms with E-state index in [9.17, 15) is 5.11 Å². The number of hydrogen-bond donors (Lipinski definition) is 1. The van der Waals surface area contributed by atoms with Gasteiger partial charge in [-0.3, -0.25) is 4.98 Å². The van der Waals surface area contributed by atoms with Crippen LogP contribution in [0.5, 0.6) is 0 Å². The van der Waals surface area contributed by atoms with Crippen LogP contribution in [0, 0.1) is 5.92 Å². The highest BCUT2D eigenvalue weighted by Gasteiger charge is 2.26. The van der Waals surface area contributed by atoms with Crippen molar-refractivity contribution in [2.75, 3.05) is 13.2 Å². The fourth-order valence-corrected chi connectivity index (χ4v) is 2.35. The maximum Gasteiger partial charge on any atom is 0.0903 e. The molecule has 1 N–H and O–H groups in total. The Bertz CT molecular complexity index is 505. The molecule has 5 nitrogen and oxygen atoms in total. The Morgan fingerprint density at radius 3 is 3.24 bits per heavy atom.